The predicted octanol–water partition coefficient (Wildman–Crippen LogP) is 2.51. The first-order valence-corrected chi connectivity index (χ1v) is 10.1. The summed E-state index contributed by atoms with van der Waals surface area (Å²) in [5, 5.41) is 9.60. The average molecular weight is 379 g/mol. The topological polar surface area (TPSA) is 87.0 Å². The minimum Gasteiger partial charge on any atom is -0.393 e. The molecule has 2 aliphatic rings. The number of benzene rings is 1. The Kier molecular flexibility index (Phi) is 4.19. The lowest BCUT2D eigenvalue weighted by Gasteiger charge is -2.35. The van der Waals surface area contributed by atoms with E-state index < -0.39 is 0 Å². The first kappa shape index (κ1) is 17.4. The van der Waals surface area contributed by atoms with Gasteiger partial charge in [0.25, 0.3) is 0 Å². The van der Waals surface area contributed by atoms with Crippen LogP contribution in [0.25, 0.3) is 11.0 Å². The number of nitrogens with one attached hydrogen (secondary N) is 1. The third kappa shape index (κ3) is 2.99. The van der Waals surface area contributed by atoms with Gasteiger partial charge in [0.15, 0.2) is 0 Å². The summed E-state index contributed by atoms with van der Waals surface area (Å²) in [7, 11) is 0. The smallest absolute Gasteiger partial charge is 0.326 e. The highest BCUT2D eigenvalue weighted by Gasteiger charge is 2.31. The third-order valence-electron chi connectivity index (χ3n) is 6.15. The third-order valence-corrected chi connectivity index (χ3v) is 6.15. The van der Waals surface area contributed by atoms with Gasteiger partial charge in [-0.15, -0.1) is 0 Å². The number of para-hydroxylation sites is 2. The Labute approximate surface area is 163 Å². The van der Waals surface area contributed by atoms with Crippen molar-refractivity contribution >= 4 is 16.9 Å². The molecule has 1 aliphatic heterocycles. The second-order valence-electron chi connectivity index (χ2n) is 8.06. The van der Waals surface area contributed by atoms with Crippen LogP contribution in [0.3, 0.4) is 0 Å². The van der Waals surface area contributed by atoms with Gasteiger partial charge in [-0.2, -0.15) is 0 Å². The van der Waals surface area contributed by atoms with Crippen molar-refractivity contribution in [3.63, 3.8) is 0 Å². The molecule has 0 amide bonds. The fourth-order valence-corrected chi connectivity index (χ4v) is 4.56. The van der Waals surface area contributed by atoms with Crippen LogP contribution in [0.15, 0.2) is 35.1 Å². The summed E-state index contributed by atoms with van der Waals surface area (Å²) in [6, 6.07) is 10.2. The summed E-state index contributed by atoms with van der Waals surface area (Å²) in [4.78, 5) is 27.0. The number of anilines is 1. The van der Waals surface area contributed by atoms with Gasteiger partial charge in [0, 0.05) is 36.8 Å². The van der Waals surface area contributed by atoms with E-state index in [1.807, 2.05) is 35.8 Å². The van der Waals surface area contributed by atoms with E-state index in [1.165, 1.54) is 0 Å². The molecule has 5 rings (SSSR count). The number of hydrogen-bond acceptors (Lipinski definition) is 5. The van der Waals surface area contributed by atoms with E-state index in [0.717, 1.165) is 67.1 Å². The van der Waals surface area contributed by atoms with Crippen LogP contribution in [0, 0.1) is 6.92 Å². The minimum absolute atomic E-state index is 0.0247. The van der Waals surface area contributed by atoms with Gasteiger partial charge >= 0.3 is 5.69 Å². The molecule has 1 aromatic carbocycles. The number of aromatic nitrogens is 4. The molecule has 28 heavy (non-hydrogen) atoms. The minimum atomic E-state index is -0.186. The zero-order valence-electron chi connectivity index (χ0n) is 16.0. The molecule has 1 saturated heterocycles. The van der Waals surface area contributed by atoms with Crippen LogP contribution < -0.4 is 10.6 Å². The molecule has 2 N–H and O–H groups in total. The highest BCUT2D eigenvalue weighted by atomic mass is 16.3. The molecule has 1 saturated carbocycles. The molecule has 7 nitrogen and oxygen atoms in total. The van der Waals surface area contributed by atoms with Crippen molar-refractivity contribution < 1.29 is 5.11 Å². The molecule has 2 aromatic heterocycles. The summed E-state index contributed by atoms with van der Waals surface area (Å²) in [5.74, 6) is 2.09. The van der Waals surface area contributed by atoms with Crippen molar-refractivity contribution in [1.29, 1.82) is 0 Å². The molecule has 7 heteroatoms. The van der Waals surface area contributed by atoms with E-state index in [9.17, 15) is 9.90 Å². The van der Waals surface area contributed by atoms with E-state index in [-0.39, 0.29) is 17.8 Å². The van der Waals surface area contributed by atoms with Gasteiger partial charge in [0.1, 0.15) is 11.6 Å². The van der Waals surface area contributed by atoms with Gasteiger partial charge in [-0.05, 0) is 44.7 Å². The fourth-order valence-electron chi connectivity index (χ4n) is 4.56. The van der Waals surface area contributed by atoms with Crippen LogP contribution >= 0.6 is 0 Å². The summed E-state index contributed by atoms with van der Waals surface area (Å²) in [6.45, 7) is 3.65. The van der Waals surface area contributed by atoms with Gasteiger partial charge in [-0.25, -0.2) is 14.8 Å². The summed E-state index contributed by atoms with van der Waals surface area (Å²) < 4.78 is 1.92. The summed E-state index contributed by atoms with van der Waals surface area (Å²) in [6.07, 6.45) is 3.21. The highest BCUT2D eigenvalue weighted by molar-refractivity contribution is 5.75. The SMILES string of the molecule is Cc1nc(C2CC(O)C2)cc(N2CCC(n3c(=O)[nH]c4ccccc43)CC2)n1. The predicted molar refractivity (Wildman–Crippen MR) is 108 cm³/mol. The number of piperidine rings is 1. The van der Waals surface area contributed by atoms with E-state index in [0.29, 0.717) is 5.92 Å². The fraction of sp³-hybridized carbons (Fsp3) is 0.476. The Morgan fingerprint density at radius 2 is 1.89 bits per heavy atom. The maximum atomic E-state index is 12.5. The van der Waals surface area contributed by atoms with Gasteiger partial charge in [0.2, 0.25) is 0 Å². The molecule has 3 aromatic rings. The zero-order chi connectivity index (χ0) is 19.3. The lowest BCUT2D eigenvalue weighted by atomic mass is 9.80. The Hall–Kier alpha value is -2.67. The van der Waals surface area contributed by atoms with E-state index >= 15 is 0 Å². The van der Waals surface area contributed by atoms with Crippen LogP contribution in [-0.4, -0.2) is 43.8 Å². The van der Waals surface area contributed by atoms with Gasteiger partial charge in [0.05, 0.1) is 17.1 Å². The van der Waals surface area contributed by atoms with Crippen molar-refractivity contribution in [2.24, 2.45) is 0 Å². The number of rotatable bonds is 3. The second kappa shape index (κ2) is 6.74. The lowest BCUT2D eigenvalue weighted by Crippen LogP contribution is -2.37. The lowest BCUT2D eigenvalue weighted by molar-refractivity contribution is 0.0731. The van der Waals surface area contributed by atoms with Crippen LogP contribution in [0.1, 0.15) is 49.2 Å². The first-order chi connectivity index (χ1) is 13.6. The van der Waals surface area contributed by atoms with Crippen LogP contribution in [0.5, 0.6) is 0 Å². The molecule has 146 valence electrons. The molecule has 0 unspecified atom stereocenters. The first-order valence-electron chi connectivity index (χ1n) is 10.1. The van der Waals surface area contributed by atoms with Crippen LogP contribution in [0.2, 0.25) is 0 Å². The summed E-state index contributed by atoms with van der Waals surface area (Å²) >= 11 is 0. The number of H-pyrrole nitrogens is 1. The molecule has 2 fully saturated rings. The van der Waals surface area contributed by atoms with Gasteiger partial charge in [-0.3, -0.25) is 4.57 Å². The highest BCUT2D eigenvalue weighted by Crippen LogP contribution is 2.37. The standard InChI is InChI=1S/C21H25N5O2/c1-13-22-18(14-10-16(27)11-14)12-20(23-13)25-8-6-15(7-9-25)26-19-5-3-2-4-17(19)24-21(26)28/h2-5,12,14-16,27H,6-11H2,1H3,(H,24,28). The Bertz CT molecular complexity index is 1060. The molecule has 0 spiro atoms. The van der Waals surface area contributed by atoms with Crippen molar-refractivity contribution in [2.75, 3.05) is 18.0 Å². The van der Waals surface area contributed by atoms with Crippen LogP contribution in [-0.2, 0) is 0 Å². The maximum absolute atomic E-state index is 12.5. The van der Waals surface area contributed by atoms with E-state index in [4.69, 9.17) is 0 Å². The number of imidazole rings is 1. The summed E-state index contributed by atoms with van der Waals surface area (Å²) in [5.41, 5.74) is 2.90. The number of aryl methyl sites for hydroxylation is 1. The number of hydrogen-bond donors (Lipinski definition) is 2. The number of aromatic amines is 1. The normalized spacial score (nSPS) is 23.1. The Morgan fingerprint density at radius 1 is 1.14 bits per heavy atom. The molecule has 1 aliphatic carbocycles. The van der Waals surface area contributed by atoms with Crippen molar-refractivity contribution in [3.05, 3.63) is 52.3 Å². The number of nitrogens with zero attached hydrogens (tertiary/aromatic N) is 4. The number of aliphatic hydroxyl groups excluding tert-OH is 1. The van der Waals surface area contributed by atoms with Gasteiger partial charge < -0.3 is 15.0 Å². The van der Waals surface area contributed by atoms with Gasteiger partial charge in [-0.1, -0.05) is 12.1 Å². The molecule has 0 bridgehead atoms. The maximum Gasteiger partial charge on any atom is 0.326 e. The Balaban J connectivity index is 1.35. The van der Waals surface area contributed by atoms with Crippen molar-refractivity contribution in [1.82, 2.24) is 19.5 Å². The molecular weight excluding hydrogens is 354 g/mol. The van der Waals surface area contributed by atoms with E-state index in [1.54, 1.807) is 0 Å². The average Bonchev–Trinajstić information content (AvgIpc) is 3.01. The van der Waals surface area contributed by atoms with Crippen LogP contribution in [0.4, 0.5) is 5.82 Å². The zero-order valence-corrected chi connectivity index (χ0v) is 16.0. The van der Waals surface area contributed by atoms with Crippen molar-refractivity contribution in [2.45, 2.75) is 50.7 Å². The largest absolute Gasteiger partial charge is 0.393 e. The number of fused-ring (bicyclic) bond motifs is 1. The van der Waals surface area contributed by atoms with E-state index in [2.05, 4.69) is 25.9 Å². The second-order valence-corrected chi connectivity index (χ2v) is 8.06. The van der Waals surface area contributed by atoms with Crippen molar-refractivity contribution in [3.8, 4) is 0 Å². The molecule has 3 heterocycles. The molecule has 0 atom stereocenters. The Morgan fingerprint density at radius 3 is 2.64 bits per heavy atom. The number of aliphatic hydroxyl groups is 1. The monoisotopic (exact) mass is 379 g/mol. The molecular formula is C21H25N5O2. The quantitative estimate of drug-likeness (QED) is 0.730. The molecule has 0 radical (unpaired) electrons.